The Labute approximate surface area is 173 Å². The maximum Gasteiger partial charge on any atom is 0.260 e. The summed E-state index contributed by atoms with van der Waals surface area (Å²) in [6, 6.07) is 10.3. The van der Waals surface area contributed by atoms with Crippen molar-refractivity contribution in [3.63, 3.8) is 0 Å². The summed E-state index contributed by atoms with van der Waals surface area (Å²) in [7, 11) is 0.459. The molecule has 1 heterocycles. The van der Waals surface area contributed by atoms with Crippen molar-refractivity contribution in [2.75, 3.05) is 38.3 Å². The Morgan fingerprint density at radius 1 is 1.14 bits per heavy atom. The Kier molecular flexibility index (Phi) is 6.30. The minimum atomic E-state index is -3.43. The van der Waals surface area contributed by atoms with Crippen molar-refractivity contribution in [2.24, 2.45) is 0 Å². The van der Waals surface area contributed by atoms with Crippen molar-refractivity contribution in [3.05, 3.63) is 53.8 Å². The standard InChI is InChI=1S/C20H22FN3O3S2/c1-23(2)10-5-11-24(20-22-17-9-8-15(21)13-18(17)28-20)19(25)14-6-4-7-16(12-14)29(3,26)27/h4,6-9,12-13H,5,10-11H2,1-3H3. The zero-order valence-corrected chi connectivity index (χ0v) is 18.1. The molecule has 0 fully saturated rings. The summed E-state index contributed by atoms with van der Waals surface area (Å²) in [5, 5.41) is 0.458. The fraction of sp³-hybridized carbons (Fsp3) is 0.300. The van der Waals surface area contributed by atoms with Crippen molar-refractivity contribution < 1.29 is 17.6 Å². The molecule has 29 heavy (non-hydrogen) atoms. The summed E-state index contributed by atoms with van der Waals surface area (Å²) in [4.78, 5) is 21.4. The Morgan fingerprint density at radius 2 is 1.90 bits per heavy atom. The number of rotatable bonds is 7. The van der Waals surface area contributed by atoms with E-state index in [1.807, 2.05) is 19.0 Å². The van der Waals surface area contributed by atoms with Gasteiger partial charge in [0.15, 0.2) is 15.0 Å². The molecule has 0 aliphatic carbocycles. The summed E-state index contributed by atoms with van der Waals surface area (Å²) < 4.78 is 37.9. The smallest absolute Gasteiger partial charge is 0.260 e. The number of carbonyl (C=O) groups is 1. The number of amides is 1. The fourth-order valence-electron chi connectivity index (χ4n) is 2.85. The molecular formula is C20H22FN3O3S2. The number of halogens is 1. The first kappa shape index (κ1) is 21.4. The Balaban J connectivity index is 1.99. The number of carbonyl (C=O) groups excluding carboxylic acids is 1. The van der Waals surface area contributed by atoms with E-state index in [9.17, 15) is 17.6 Å². The molecule has 0 saturated carbocycles. The first-order chi connectivity index (χ1) is 13.6. The van der Waals surface area contributed by atoms with E-state index < -0.39 is 9.84 Å². The van der Waals surface area contributed by atoms with Gasteiger partial charge in [-0.15, -0.1) is 0 Å². The first-order valence-corrected chi connectivity index (χ1v) is 11.7. The molecule has 3 aromatic rings. The van der Waals surface area contributed by atoms with Gasteiger partial charge in [-0.25, -0.2) is 17.8 Å². The molecule has 0 N–H and O–H groups in total. The van der Waals surface area contributed by atoms with Crippen molar-refractivity contribution in [1.82, 2.24) is 9.88 Å². The van der Waals surface area contributed by atoms with Crippen LogP contribution < -0.4 is 4.90 Å². The lowest BCUT2D eigenvalue weighted by Crippen LogP contribution is -2.33. The van der Waals surface area contributed by atoms with Crippen LogP contribution in [0.2, 0.25) is 0 Å². The Morgan fingerprint density at radius 3 is 2.59 bits per heavy atom. The van der Waals surface area contributed by atoms with Crippen molar-refractivity contribution >= 4 is 42.4 Å². The second-order valence-electron chi connectivity index (χ2n) is 7.02. The van der Waals surface area contributed by atoms with Crippen LogP contribution in [-0.4, -0.2) is 57.6 Å². The molecule has 0 radical (unpaired) electrons. The van der Waals surface area contributed by atoms with Crippen molar-refractivity contribution in [3.8, 4) is 0 Å². The second-order valence-corrected chi connectivity index (χ2v) is 10.0. The Bertz CT molecular complexity index is 1140. The average molecular weight is 436 g/mol. The van der Waals surface area contributed by atoms with E-state index in [0.717, 1.165) is 12.8 Å². The monoisotopic (exact) mass is 435 g/mol. The van der Waals surface area contributed by atoms with Gasteiger partial charge in [-0.05, 0) is 63.5 Å². The third kappa shape index (κ3) is 5.17. The molecule has 154 valence electrons. The molecule has 0 bridgehead atoms. The first-order valence-electron chi connectivity index (χ1n) is 8.98. The number of anilines is 1. The molecule has 0 aliphatic heterocycles. The average Bonchev–Trinajstić information content (AvgIpc) is 3.06. The highest BCUT2D eigenvalue weighted by atomic mass is 32.2. The van der Waals surface area contributed by atoms with E-state index in [4.69, 9.17) is 0 Å². The van der Waals surface area contributed by atoms with E-state index in [0.29, 0.717) is 28.3 Å². The molecular weight excluding hydrogens is 413 g/mol. The lowest BCUT2D eigenvalue weighted by Gasteiger charge is -2.21. The van der Waals surface area contributed by atoms with Gasteiger partial charge in [-0.1, -0.05) is 17.4 Å². The number of sulfone groups is 1. The SMILES string of the molecule is CN(C)CCCN(C(=O)c1cccc(S(C)(=O)=O)c1)c1nc2ccc(F)cc2s1. The number of hydrogen-bond donors (Lipinski definition) is 0. The number of benzene rings is 2. The minimum absolute atomic E-state index is 0.0861. The predicted molar refractivity (Wildman–Crippen MR) is 114 cm³/mol. The van der Waals surface area contributed by atoms with Crippen LogP contribution in [0.3, 0.4) is 0 Å². The highest BCUT2D eigenvalue weighted by molar-refractivity contribution is 7.90. The van der Waals surface area contributed by atoms with E-state index >= 15 is 0 Å². The Hall–Kier alpha value is -2.36. The summed E-state index contributed by atoms with van der Waals surface area (Å²) in [5.74, 6) is -0.701. The van der Waals surface area contributed by atoms with E-state index in [1.165, 1.54) is 40.5 Å². The van der Waals surface area contributed by atoms with Crippen LogP contribution in [-0.2, 0) is 9.84 Å². The predicted octanol–water partition coefficient (Wildman–Crippen LogP) is 3.44. The van der Waals surface area contributed by atoms with Gasteiger partial charge in [0.25, 0.3) is 5.91 Å². The third-order valence-corrected chi connectivity index (χ3v) is 6.46. The van der Waals surface area contributed by atoms with Crippen LogP contribution in [0, 0.1) is 5.82 Å². The van der Waals surface area contributed by atoms with Crippen LogP contribution in [0.15, 0.2) is 47.4 Å². The summed E-state index contributed by atoms with van der Waals surface area (Å²) >= 11 is 1.23. The maximum atomic E-state index is 13.6. The number of thiazole rings is 1. The van der Waals surface area contributed by atoms with Gasteiger partial charge in [0.2, 0.25) is 0 Å². The number of nitrogens with zero attached hydrogens (tertiary/aromatic N) is 3. The highest BCUT2D eigenvalue weighted by Crippen LogP contribution is 2.30. The molecule has 0 spiro atoms. The molecule has 3 rings (SSSR count). The second kappa shape index (κ2) is 8.56. The van der Waals surface area contributed by atoms with Gasteiger partial charge >= 0.3 is 0 Å². The van der Waals surface area contributed by atoms with E-state index in [1.54, 1.807) is 18.2 Å². The molecule has 0 unspecified atom stereocenters. The summed E-state index contributed by atoms with van der Waals surface area (Å²) in [5.41, 5.74) is 0.880. The van der Waals surface area contributed by atoms with Gasteiger partial charge in [0, 0.05) is 18.4 Å². The molecule has 0 saturated heterocycles. The molecule has 0 aliphatic rings. The number of hydrogen-bond acceptors (Lipinski definition) is 6. The van der Waals surface area contributed by atoms with Gasteiger partial charge in [-0.3, -0.25) is 9.69 Å². The van der Waals surface area contributed by atoms with Crippen LogP contribution in [0.5, 0.6) is 0 Å². The van der Waals surface area contributed by atoms with E-state index in [2.05, 4.69) is 4.98 Å². The van der Waals surface area contributed by atoms with Gasteiger partial charge in [-0.2, -0.15) is 0 Å². The lowest BCUT2D eigenvalue weighted by atomic mass is 10.2. The molecule has 2 aromatic carbocycles. The van der Waals surface area contributed by atoms with E-state index in [-0.39, 0.29) is 22.2 Å². The van der Waals surface area contributed by atoms with Gasteiger partial charge < -0.3 is 4.90 Å². The van der Waals surface area contributed by atoms with Crippen LogP contribution >= 0.6 is 11.3 Å². The number of fused-ring (bicyclic) bond motifs is 1. The quantitative estimate of drug-likeness (QED) is 0.569. The van der Waals surface area contributed by atoms with Gasteiger partial charge in [0.05, 0.1) is 15.1 Å². The zero-order chi connectivity index (χ0) is 21.2. The highest BCUT2D eigenvalue weighted by Gasteiger charge is 2.22. The molecule has 9 heteroatoms. The third-order valence-electron chi connectivity index (χ3n) is 4.31. The van der Waals surface area contributed by atoms with Gasteiger partial charge in [0.1, 0.15) is 5.82 Å². The molecule has 0 atom stereocenters. The molecule has 1 aromatic heterocycles. The lowest BCUT2D eigenvalue weighted by molar-refractivity contribution is 0.0986. The fourth-order valence-corrected chi connectivity index (χ4v) is 4.53. The number of aromatic nitrogens is 1. The van der Waals surface area contributed by atoms with Crippen molar-refractivity contribution in [2.45, 2.75) is 11.3 Å². The normalized spacial score (nSPS) is 11.9. The zero-order valence-electron chi connectivity index (χ0n) is 16.4. The van der Waals surface area contributed by atoms with Crippen LogP contribution in [0.25, 0.3) is 10.2 Å². The topological polar surface area (TPSA) is 70.6 Å². The van der Waals surface area contributed by atoms with Crippen LogP contribution in [0.4, 0.5) is 9.52 Å². The summed E-state index contributed by atoms with van der Waals surface area (Å²) in [6.07, 6.45) is 1.81. The maximum absolute atomic E-state index is 13.6. The summed E-state index contributed by atoms with van der Waals surface area (Å²) in [6.45, 7) is 1.18. The van der Waals surface area contributed by atoms with Crippen LogP contribution in [0.1, 0.15) is 16.8 Å². The largest absolute Gasteiger partial charge is 0.309 e. The molecule has 1 amide bonds. The molecule has 6 nitrogen and oxygen atoms in total. The van der Waals surface area contributed by atoms with Crippen molar-refractivity contribution in [1.29, 1.82) is 0 Å². The minimum Gasteiger partial charge on any atom is -0.309 e.